The van der Waals surface area contributed by atoms with E-state index in [1.165, 1.54) is 18.9 Å². The minimum atomic E-state index is -0.802. The maximum absolute atomic E-state index is 13.3. The van der Waals surface area contributed by atoms with E-state index in [4.69, 9.17) is 14.2 Å². The number of rotatable bonds is 10. The third-order valence-electron chi connectivity index (χ3n) is 6.42. The van der Waals surface area contributed by atoms with Gasteiger partial charge in [-0.3, -0.25) is 14.7 Å². The summed E-state index contributed by atoms with van der Waals surface area (Å²) in [5.74, 6) is -0.994. The Bertz CT molecular complexity index is 1320. The van der Waals surface area contributed by atoms with Gasteiger partial charge in [-0.2, -0.15) is 0 Å². The molecule has 3 heterocycles. The van der Waals surface area contributed by atoms with Gasteiger partial charge >= 0.3 is 11.9 Å². The Hall–Kier alpha value is -4.58. The Morgan fingerprint density at radius 1 is 1.05 bits per heavy atom. The third-order valence-corrected chi connectivity index (χ3v) is 6.42. The first-order chi connectivity index (χ1) is 18.9. The molecule has 1 fully saturated rings. The number of carbonyl (C=O) groups is 3. The number of esters is 2. The summed E-state index contributed by atoms with van der Waals surface area (Å²) in [6, 6.07) is 12.2. The van der Waals surface area contributed by atoms with Crippen LogP contribution in [-0.2, 0) is 20.8 Å². The van der Waals surface area contributed by atoms with Gasteiger partial charge in [0.2, 0.25) is 11.6 Å². The molecule has 2 atom stereocenters. The molecule has 204 valence electrons. The van der Waals surface area contributed by atoms with Crippen LogP contribution in [0, 0.1) is 0 Å². The van der Waals surface area contributed by atoms with Gasteiger partial charge in [-0.1, -0.05) is 35.6 Å². The lowest BCUT2D eigenvalue weighted by molar-refractivity contribution is -0.125. The molecule has 0 aliphatic carbocycles. The summed E-state index contributed by atoms with van der Waals surface area (Å²) in [4.78, 5) is 44.3. The van der Waals surface area contributed by atoms with Crippen molar-refractivity contribution < 1.29 is 28.6 Å². The van der Waals surface area contributed by atoms with Gasteiger partial charge in [0.1, 0.15) is 5.75 Å². The van der Waals surface area contributed by atoms with Crippen LogP contribution in [0.15, 0.2) is 54.7 Å². The molecule has 0 spiro atoms. The third kappa shape index (κ3) is 6.47. The molecule has 1 aliphatic heterocycles. The molecule has 2 aromatic heterocycles. The number of pyridine rings is 1. The zero-order valence-electron chi connectivity index (χ0n) is 21.9. The summed E-state index contributed by atoms with van der Waals surface area (Å²) >= 11 is 0. The van der Waals surface area contributed by atoms with Crippen molar-refractivity contribution in [1.82, 2.24) is 30.2 Å². The first-order valence-electron chi connectivity index (χ1n) is 12.3. The Kier molecular flexibility index (Phi) is 9.00. The van der Waals surface area contributed by atoms with Crippen LogP contribution in [-0.4, -0.2) is 83.2 Å². The van der Waals surface area contributed by atoms with E-state index in [1.54, 1.807) is 13.3 Å². The average Bonchev–Trinajstić information content (AvgIpc) is 3.61. The molecule has 0 bridgehead atoms. The Morgan fingerprint density at radius 3 is 2.49 bits per heavy atom. The van der Waals surface area contributed by atoms with Gasteiger partial charge in [-0.25, -0.2) is 14.3 Å². The van der Waals surface area contributed by atoms with Crippen LogP contribution in [0.2, 0.25) is 0 Å². The number of amides is 1. The number of methoxy groups -OCH3 is 3. The highest BCUT2D eigenvalue weighted by atomic mass is 16.5. The number of benzene rings is 1. The molecule has 12 nitrogen and oxygen atoms in total. The standard InChI is InChI=1S/C27H30N6O6/c1-37-21-11-9-18(10-12-21)7-6-14-32-17-20(15-22(32)25(34)29-16-19-8-4-5-13-28-19)33-24(27(36)39-3)23(30-31-33)26(35)38-2/h4-13,20,22H,14-17H2,1-3H3,(H,29,34)/t20-,22-/m0/s1. The number of aromatic nitrogens is 4. The van der Waals surface area contributed by atoms with Gasteiger partial charge in [0, 0.05) is 19.3 Å². The summed E-state index contributed by atoms with van der Waals surface area (Å²) < 4.78 is 16.2. The molecular weight excluding hydrogens is 504 g/mol. The van der Waals surface area contributed by atoms with Crippen molar-refractivity contribution in [2.45, 2.75) is 25.0 Å². The molecular formula is C27H30N6O6. The fourth-order valence-electron chi connectivity index (χ4n) is 4.44. The second kappa shape index (κ2) is 12.8. The lowest BCUT2D eigenvalue weighted by atomic mass is 10.1. The first kappa shape index (κ1) is 27.5. The van der Waals surface area contributed by atoms with Gasteiger partial charge in [0.15, 0.2) is 5.69 Å². The smallest absolute Gasteiger partial charge is 0.361 e. The predicted molar refractivity (Wildman–Crippen MR) is 140 cm³/mol. The van der Waals surface area contributed by atoms with E-state index >= 15 is 0 Å². The minimum absolute atomic E-state index is 0.113. The first-order valence-corrected chi connectivity index (χ1v) is 12.3. The SMILES string of the molecule is COC(=O)c1nnn([C@H]2C[C@@H](C(=O)NCc3ccccn3)N(CC=Cc3ccc(OC)cc3)C2)c1C(=O)OC. The van der Waals surface area contributed by atoms with Crippen LogP contribution in [0.25, 0.3) is 6.08 Å². The molecule has 1 aromatic carbocycles. The van der Waals surface area contributed by atoms with E-state index in [2.05, 4.69) is 20.6 Å². The normalized spacial score (nSPS) is 17.2. The van der Waals surface area contributed by atoms with Gasteiger partial charge < -0.3 is 19.5 Å². The van der Waals surface area contributed by atoms with E-state index in [-0.39, 0.29) is 23.8 Å². The zero-order chi connectivity index (χ0) is 27.8. The van der Waals surface area contributed by atoms with Crippen molar-refractivity contribution in [1.29, 1.82) is 0 Å². The molecule has 1 N–H and O–H groups in total. The number of likely N-dealkylation sites (tertiary alicyclic amines) is 1. The van der Waals surface area contributed by atoms with Crippen molar-refractivity contribution in [3.8, 4) is 5.75 Å². The summed E-state index contributed by atoms with van der Waals surface area (Å²) in [5, 5.41) is 10.9. The largest absolute Gasteiger partial charge is 0.497 e. The Labute approximate surface area is 225 Å². The molecule has 0 radical (unpaired) electrons. The van der Waals surface area contributed by atoms with Crippen LogP contribution >= 0.6 is 0 Å². The van der Waals surface area contributed by atoms with Gasteiger partial charge in [-0.15, -0.1) is 5.10 Å². The van der Waals surface area contributed by atoms with E-state index < -0.39 is 24.0 Å². The van der Waals surface area contributed by atoms with Crippen molar-refractivity contribution >= 4 is 23.9 Å². The fraction of sp³-hybridized carbons (Fsp3) is 0.333. The number of hydrogen-bond acceptors (Lipinski definition) is 10. The number of nitrogens with one attached hydrogen (secondary N) is 1. The number of hydrogen-bond donors (Lipinski definition) is 1. The van der Waals surface area contributed by atoms with E-state index in [0.29, 0.717) is 19.5 Å². The zero-order valence-corrected chi connectivity index (χ0v) is 21.9. The van der Waals surface area contributed by atoms with Crippen molar-refractivity contribution in [2.75, 3.05) is 34.4 Å². The highest BCUT2D eigenvalue weighted by Gasteiger charge is 2.40. The highest BCUT2D eigenvalue weighted by molar-refractivity contribution is 6.00. The van der Waals surface area contributed by atoms with Crippen LogP contribution in [0.3, 0.4) is 0 Å². The molecule has 12 heteroatoms. The molecule has 4 rings (SSSR count). The minimum Gasteiger partial charge on any atom is -0.497 e. The topological polar surface area (TPSA) is 138 Å². The van der Waals surface area contributed by atoms with Crippen molar-refractivity contribution in [3.63, 3.8) is 0 Å². The molecule has 0 unspecified atom stereocenters. The predicted octanol–water partition coefficient (Wildman–Crippen LogP) is 1.90. The molecule has 3 aromatic rings. The number of ether oxygens (including phenoxy) is 3. The summed E-state index contributed by atoms with van der Waals surface area (Å²) in [6.45, 7) is 1.11. The Morgan fingerprint density at radius 2 is 1.82 bits per heavy atom. The van der Waals surface area contributed by atoms with Crippen molar-refractivity contribution in [3.05, 3.63) is 77.4 Å². The fourth-order valence-corrected chi connectivity index (χ4v) is 4.44. The Balaban J connectivity index is 1.56. The van der Waals surface area contributed by atoms with Gasteiger partial charge in [0.05, 0.1) is 45.7 Å². The second-order valence-corrected chi connectivity index (χ2v) is 8.79. The van der Waals surface area contributed by atoms with Gasteiger partial charge in [0.25, 0.3) is 0 Å². The van der Waals surface area contributed by atoms with E-state index in [1.807, 2.05) is 59.5 Å². The maximum Gasteiger partial charge on any atom is 0.361 e. The quantitative estimate of drug-likeness (QED) is 0.384. The maximum atomic E-state index is 13.3. The molecule has 0 saturated carbocycles. The lowest BCUT2D eigenvalue weighted by Gasteiger charge is -2.21. The molecule has 1 saturated heterocycles. The summed E-state index contributed by atoms with van der Waals surface area (Å²) in [7, 11) is 4.01. The van der Waals surface area contributed by atoms with Crippen LogP contribution in [0.1, 0.15) is 44.7 Å². The summed E-state index contributed by atoms with van der Waals surface area (Å²) in [5.41, 5.74) is 1.36. The average molecular weight is 535 g/mol. The van der Waals surface area contributed by atoms with Crippen molar-refractivity contribution in [2.24, 2.45) is 0 Å². The van der Waals surface area contributed by atoms with Crippen LogP contribution < -0.4 is 10.1 Å². The molecule has 39 heavy (non-hydrogen) atoms. The van der Waals surface area contributed by atoms with Crippen LogP contribution in [0.5, 0.6) is 5.75 Å². The van der Waals surface area contributed by atoms with E-state index in [0.717, 1.165) is 17.0 Å². The molecule has 1 amide bonds. The lowest BCUT2D eigenvalue weighted by Crippen LogP contribution is -2.43. The van der Waals surface area contributed by atoms with E-state index in [9.17, 15) is 14.4 Å². The second-order valence-electron chi connectivity index (χ2n) is 8.79. The molecule has 1 aliphatic rings. The monoisotopic (exact) mass is 534 g/mol. The van der Waals surface area contributed by atoms with Gasteiger partial charge in [-0.05, 0) is 36.2 Å². The number of carbonyl (C=O) groups excluding carboxylic acids is 3. The summed E-state index contributed by atoms with van der Waals surface area (Å²) in [6.07, 6.45) is 5.92. The van der Waals surface area contributed by atoms with Crippen LogP contribution in [0.4, 0.5) is 0 Å². The highest BCUT2D eigenvalue weighted by Crippen LogP contribution is 2.29. The number of nitrogens with zero attached hydrogens (tertiary/aromatic N) is 5.